The van der Waals surface area contributed by atoms with Crippen LogP contribution < -0.4 is 16.0 Å². The van der Waals surface area contributed by atoms with Gasteiger partial charge >= 0.3 is 0 Å². The SMILES string of the molecule is N#Cc1c(SC(C(N)=O)c2ccccc2)nc(N2CCNC(CO)C2)c(C#N)c1C1CC1. The number of benzene rings is 1. The molecule has 0 bridgehead atoms. The highest BCUT2D eigenvalue weighted by Crippen LogP contribution is 2.48. The number of nitrogens with zero attached hydrogens (tertiary/aromatic N) is 4. The third kappa shape index (κ3) is 4.42. The molecule has 9 heteroatoms. The van der Waals surface area contributed by atoms with Gasteiger partial charge in [-0.2, -0.15) is 10.5 Å². The van der Waals surface area contributed by atoms with Gasteiger partial charge in [0.15, 0.2) is 0 Å². The summed E-state index contributed by atoms with van der Waals surface area (Å²) in [6.07, 6.45) is 1.82. The number of aromatic nitrogens is 1. The molecular weight excluding hydrogens is 424 g/mol. The fourth-order valence-corrected chi connectivity index (χ4v) is 5.10. The zero-order chi connectivity index (χ0) is 22.7. The van der Waals surface area contributed by atoms with Crippen LogP contribution in [0.4, 0.5) is 5.82 Å². The van der Waals surface area contributed by atoms with E-state index in [-0.39, 0.29) is 18.6 Å². The number of pyridine rings is 1. The number of nitrogens with one attached hydrogen (secondary N) is 1. The number of amides is 1. The first-order chi connectivity index (χ1) is 15.6. The van der Waals surface area contributed by atoms with Crippen LogP contribution in [0.15, 0.2) is 35.4 Å². The summed E-state index contributed by atoms with van der Waals surface area (Å²) in [6.45, 7) is 1.74. The van der Waals surface area contributed by atoms with Gasteiger partial charge in [-0.15, -0.1) is 0 Å². The van der Waals surface area contributed by atoms with Crippen molar-refractivity contribution in [3.05, 3.63) is 52.6 Å². The highest BCUT2D eigenvalue weighted by molar-refractivity contribution is 8.00. The van der Waals surface area contributed by atoms with Crippen LogP contribution in [0.2, 0.25) is 0 Å². The first kappa shape index (κ1) is 22.1. The lowest BCUT2D eigenvalue weighted by atomic mass is 9.99. The molecule has 1 aliphatic heterocycles. The lowest BCUT2D eigenvalue weighted by molar-refractivity contribution is -0.117. The van der Waals surface area contributed by atoms with Gasteiger partial charge < -0.3 is 21.1 Å². The maximum atomic E-state index is 12.3. The molecule has 2 unspecified atom stereocenters. The molecule has 2 aromatic rings. The van der Waals surface area contributed by atoms with Crippen molar-refractivity contribution in [2.24, 2.45) is 5.73 Å². The summed E-state index contributed by atoms with van der Waals surface area (Å²) >= 11 is 1.16. The van der Waals surface area contributed by atoms with Crippen LogP contribution in [0.5, 0.6) is 0 Å². The topological polar surface area (TPSA) is 139 Å². The van der Waals surface area contributed by atoms with Gasteiger partial charge in [0.2, 0.25) is 5.91 Å². The fourth-order valence-electron chi connectivity index (χ4n) is 4.05. The van der Waals surface area contributed by atoms with E-state index in [1.54, 1.807) is 0 Å². The maximum Gasteiger partial charge on any atom is 0.235 e. The Bertz CT molecular complexity index is 1090. The normalized spacial score (nSPS) is 19.1. The Kier molecular flexibility index (Phi) is 6.61. The summed E-state index contributed by atoms with van der Waals surface area (Å²) in [7, 11) is 0. The molecule has 1 aromatic carbocycles. The molecule has 32 heavy (non-hydrogen) atoms. The number of aliphatic hydroxyl groups excluding tert-OH is 1. The molecule has 4 rings (SSSR count). The predicted molar refractivity (Wildman–Crippen MR) is 121 cm³/mol. The van der Waals surface area contributed by atoms with Crippen LogP contribution in [-0.4, -0.2) is 48.3 Å². The number of rotatable bonds is 7. The molecule has 4 N–H and O–H groups in total. The van der Waals surface area contributed by atoms with Crippen molar-refractivity contribution in [3.8, 4) is 12.1 Å². The number of nitriles is 2. The van der Waals surface area contributed by atoms with Gasteiger partial charge in [-0.1, -0.05) is 42.1 Å². The van der Waals surface area contributed by atoms with E-state index >= 15 is 0 Å². The van der Waals surface area contributed by atoms with Crippen LogP contribution in [0, 0.1) is 22.7 Å². The molecule has 2 atom stereocenters. The van der Waals surface area contributed by atoms with Crippen molar-refractivity contribution in [2.45, 2.75) is 35.1 Å². The molecule has 8 nitrogen and oxygen atoms in total. The summed E-state index contributed by atoms with van der Waals surface area (Å²) in [5.41, 5.74) is 7.95. The van der Waals surface area contributed by atoms with Gasteiger partial charge in [0, 0.05) is 25.7 Å². The summed E-state index contributed by atoms with van der Waals surface area (Å²) in [6, 6.07) is 13.6. The van der Waals surface area contributed by atoms with E-state index in [1.165, 1.54) is 0 Å². The van der Waals surface area contributed by atoms with Crippen molar-refractivity contribution >= 4 is 23.5 Å². The summed E-state index contributed by atoms with van der Waals surface area (Å²) in [4.78, 5) is 19.1. The summed E-state index contributed by atoms with van der Waals surface area (Å²) in [5.74, 6) is 0.126. The van der Waals surface area contributed by atoms with Gasteiger partial charge in [0.1, 0.15) is 28.2 Å². The van der Waals surface area contributed by atoms with Crippen molar-refractivity contribution in [3.63, 3.8) is 0 Å². The number of carbonyl (C=O) groups excluding carboxylic acids is 1. The van der Waals surface area contributed by atoms with E-state index in [2.05, 4.69) is 17.5 Å². The monoisotopic (exact) mass is 448 g/mol. The maximum absolute atomic E-state index is 12.3. The number of piperazine rings is 1. The molecular formula is C23H24N6O2S. The fraction of sp³-hybridized carbons (Fsp3) is 0.391. The minimum absolute atomic E-state index is 0.0243. The van der Waals surface area contributed by atoms with Crippen LogP contribution in [0.25, 0.3) is 0 Å². The smallest absolute Gasteiger partial charge is 0.235 e. The Hall–Kier alpha value is -3.11. The minimum Gasteiger partial charge on any atom is -0.395 e. The van der Waals surface area contributed by atoms with Gasteiger partial charge in [-0.3, -0.25) is 4.79 Å². The molecule has 2 fully saturated rings. The van der Waals surface area contributed by atoms with Crippen molar-refractivity contribution < 1.29 is 9.90 Å². The van der Waals surface area contributed by atoms with E-state index in [1.807, 2.05) is 35.2 Å². The van der Waals surface area contributed by atoms with Crippen molar-refractivity contribution in [1.29, 1.82) is 10.5 Å². The summed E-state index contributed by atoms with van der Waals surface area (Å²) < 4.78 is 0. The third-order valence-electron chi connectivity index (χ3n) is 5.76. The summed E-state index contributed by atoms with van der Waals surface area (Å²) in [5, 5.41) is 32.6. The minimum atomic E-state index is -0.711. The molecule has 164 valence electrons. The molecule has 1 saturated heterocycles. The molecule has 1 aromatic heterocycles. The molecule has 1 amide bonds. The Balaban J connectivity index is 1.83. The number of carbonyl (C=O) groups is 1. The Morgan fingerprint density at radius 1 is 1.28 bits per heavy atom. The Labute approximate surface area is 191 Å². The van der Waals surface area contributed by atoms with Crippen LogP contribution in [0.1, 0.15) is 46.3 Å². The van der Waals surface area contributed by atoms with E-state index in [9.17, 15) is 20.4 Å². The quantitative estimate of drug-likeness (QED) is 0.545. The largest absolute Gasteiger partial charge is 0.395 e. The second-order valence-electron chi connectivity index (χ2n) is 7.99. The average Bonchev–Trinajstić information content (AvgIpc) is 3.67. The van der Waals surface area contributed by atoms with Gasteiger partial charge in [-0.25, -0.2) is 4.98 Å². The number of aliphatic hydroxyl groups is 1. The third-order valence-corrected chi connectivity index (χ3v) is 7.02. The molecule has 0 spiro atoms. The molecule has 2 heterocycles. The van der Waals surface area contributed by atoms with Gasteiger partial charge in [0.05, 0.1) is 17.7 Å². The Morgan fingerprint density at radius 2 is 2.00 bits per heavy atom. The average molecular weight is 449 g/mol. The highest BCUT2D eigenvalue weighted by atomic mass is 32.2. The zero-order valence-corrected chi connectivity index (χ0v) is 18.3. The van der Waals surface area contributed by atoms with Crippen LogP contribution >= 0.6 is 11.8 Å². The van der Waals surface area contributed by atoms with E-state index < -0.39 is 11.2 Å². The second-order valence-corrected chi connectivity index (χ2v) is 9.09. The van der Waals surface area contributed by atoms with Crippen molar-refractivity contribution in [2.75, 3.05) is 31.1 Å². The zero-order valence-electron chi connectivity index (χ0n) is 17.5. The number of thioether (sulfide) groups is 1. The lowest BCUT2D eigenvalue weighted by Crippen LogP contribution is -2.52. The predicted octanol–water partition coefficient (Wildman–Crippen LogP) is 1.79. The number of nitrogens with two attached hydrogens (primary N) is 1. The molecule has 1 aliphatic carbocycles. The number of anilines is 1. The van der Waals surface area contributed by atoms with Gasteiger partial charge in [-0.05, 0) is 29.9 Å². The number of hydrogen-bond acceptors (Lipinski definition) is 8. The highest BCUT2D eigenvalue weighted by Gasteiger charge is 2.36. The first-order valence-corrected chi connectivity index (χ1v) is 11.4. The number of hydrogen-bond donors (Lipinski definition) is 3. The van der Waals surface area contributed by atoms with E-state index in [0.717, 1.165) is 35.7 Å². The van der Waals surface area contributed by atoms with E-state index in [4.69, 9.17) is 10.7 Å². The first-order valence-electron chi connectivity index (χ1n) is 10.6. The van der Waals surface area contributed by atoms with Gasteiger partial charge in [0.25, 0.3) is 0 Å². The second kappa shape index (κ2) is 9.58. The van der Waals surface area contributed by atoms with Crippen LogP contribution in [-0.2, 0) is 4.79 Å². The molecule has 0 radical (unpaired) electrons. The number of primary amides is 1. The standard InChI is InChI=1S/C23H24N6O2S/c24-10-17-19(14-6-7-14)18(11-25)23(28-22(17)29-9-8-27-16(12-29)13-30)32-20(21(26)31)15-4-2-1-3-5-15/h1-5,14,16,20,27,30H,6-9,12-13H2,(H2,26,31). The van der Waals surface area contributed by atoms with Crippen LogP contribution in [0.3, 0.4) is 0 Å². The molecule has 2 aliphatic rings. The lowest BCUT2D eigenvalue weighted by Gasteiger charge is -2.34. The molecule has 1 saturated carbocycles. The van der Waals surface area contributed by atoms with E-state index in [0.29, 0.717) is 41.6 Å². The van der Waals surface area contributed by atoms with Crippen molar-refractivity contribution in [1.82, 2.24) is 10.3 Å². The Morgan fingerprint density at radius 3 is 2.59 bits per heavy atom.